The highest BCUT2D eigenvalue weighted by Gasteiger charge is 2.55. The first-order valence-corrected chi connectivity index (χ1v) is 12.9. The largest absolute Gasteiger partial charge is 0.435 e. The second-order valence-electron chi connectivity index (χ2n) is 10.4. The molecule has 2 fully saturated rings. The molecule has 2 aliphatic heterocycles. The van der Waals surface area contributed by atoms with E-state index in [9.17, 15) is 32.2 Å². The topological polar surface area (TPSA) is 120 Å². The number of alkyl halides is 3. The molecule has 0 aliphatic carbocycles. The lowest BCUT2D eigenvalue weighted by molar-refractivity contribution is -0.196. The first-order chi connectivity index (χ1) is 19.8. The van der Waals surface area contributed by atoms with E-state index >= 15 is 0 Å². The van der Waals surface area contributed by atoms with Gasteiger partial charge in [-0.2, -0.15) is 23.4 Å². The van der Waals surface area contributed by atoms with E-state index in [0.717, 1.165) is 10.9 Å². The van der Waals surface area contributed by atoms with Crippen LogP contribution >= 0.6 is 0 Å². The van der Waals surface area contributed by atoms with Gasteiger partial charge in [-0.3, -0.25) is 4.68 Å². The maximum atomic E-state index is 14.7. The number of aliphatic hydroxyl groups excluding tert-OH is 2. The van der Waals surface area contributed by atoms with Gasteiger partial charge in [-0.15, -0.1) is 0 Å². The number of ether oxygens (including phenoxy) is 2. The summed E-state index contributed by atoms with van der Waals surface area (Å²) >= 11 is 0. The summed E-state index contributed by atoms with van der Waals surface area (Å²) in [6.45, 7) is 4.31. The summed E-state index contributed by atoms with van der Waals surface area (Å²) in [6, 6.07) is 2.99. The molecule has 0 spiro atoms. The Morgan fingerprint density at radius 3 is 2.52 bits per heavy atom. The lowest BCUT2D eigenvalue weighted by atomic mass is 9.91. The van der Waals surface area contributed by atoms with E-state index in [1.807, 2.05) is 0 Å². The normalized spacial score (nSPS) is 26.0. The number of hydrogen-bond acceptors (Lipinski definition) is 8. The van der Waals surface area contributed by atoms with E-state index in [1.54, 1.807) is 6.92 Å². The van der Waals surface area contributed by atoms with Crippen LogP contribution in [-0.4, -0.2) is 70.8 Å². The van der Waals surface area contributed by atoms with Gasteiger partial charge in [-0.05, 0) is 38.0 Å². The number of benzene rings is 1. The summed E-state index contributed by atoms with van der Waals surface area (Å²) in [5.74, 6) is -2.15. The van der Waals surface area contributed by atoms with Crippen molar-refractivity contribution in [2.24, 2.45) is 0 Å². The average molecular weight is 593 g/mol. The molecular formula is C27H25F5N6O4. The molecule has 2 aliphatic rings. The molecule has 15 heteroatoms. The van der Waals surface area contributed by atoms with Crippen LogP contribution in [0.3, 0.4) is 0 Å². The van der Waals surface area contributed by atoms with Crippen LogP contribution in [-0.2, 0) is 15.7 Å². The van der Waals surface area contributed by atoms with E-state index in [4.69, 9.17) is 9.47 Å². The quantitative estimate of drug-likeness (QED) is 0.346. The second kappa shape index (κ2) is 10.2. The van der Waals surface area contributed by atoms with E-state index in [0.29, 0.717) is 5.56 Å². The number of aliphatic hydroxyl groups is 2. The van der Waals surface area contributed by atoms with Crippen LogP contribution in [0.1, 0.15) is 40.6 Å². The minimum atomic E-state index is -4.83. The van der Waals surface area contributed by atoms with Gasteiger partial charge in [0.2, 0.25) is 0 Å². The van der Waals surface area contributed by atoms with Crippen molar-refractivity contribution in [1.29, 1.82) is 0 Å². The van der Waals surface area contributed by atoms with Gasteiger partial charge in [0.05, 0.1) is 18.5 Å². The average Bonchev–Trinajstić information content (AvgIpc) is 3.65. The molecule has 6 rings (SSSR count). The molecule has 10 nitrogen and oxygen atoms in total. The molecule has 6 atom stereocenters. The molecule has 42 heavy (non-hydrogen) atoms. The highest BCUT2D eigenvalue weighted by atomic mass is 19.4. The zero-order valence-corrected chi connectivity index (χ0v) is 22.4. The standard InChI is InChI=1S/C27H25F5N6O4/c1-11-6-16(25(33-7-11)27(30,31)32)38-26(35-13(3)36-38)24-21(40)20(23-22(42-24)17(39)10-41-23)37-9-14(8-34-37)15-5-4-12(2)18(28)19(15)29/h4-9,17,20-24,39-40H,10H2,1-3H3/t17?,20?,21?,22?,23-,24-/m1/s1. The van der Waals surface area contributed by atoms with Crippen molar-refractivity contribution in [3.8, 4) is 16.8 Å². The third kappa shape index (κ3) is 4.65. The maximum Gasteiger partial charge on any atom is 0.435 e. The maximum absolute atomic E-state index is 14.7. The smallest absolute Gasteiger partial charge is 0.388 e. The monoisotopic (exact) mass is 592 g/mol. The van der Waals surface area contributed by atoms with Gasteiger partial charge in [-0.25, -0.2) is 23.4 Å². The molecule has 2 saturated heterocycles. The van der Waals surface area contributed by atoms with Gasteiger partial charge in [-0.1, -0.05) is 12.1 Å². The fraction of sp³-hybridized carbons (Fsp3) is 0.407. The van der Waals surface area contributed by atoms with Gasteiger partial charge < -0.3 is 19.7 Å². The van der Waals surface area contributed by atoms with Crippen LogP contribution in [0.15, 0.2) is 36.8 Å². The number of fused-ring (bicyclic) bond motifs is 1. The molecule has 1 aromatic carbocycles. The van der Waals surface area contributed by atoms with Crippen molar-refractivity contribution in [2.45, 2.75) is 63.5 Å². The first kappa shape index (κ1) is 28.3. The molecule has 5 heterocycles. The number of pyridine rings is 1. The number of halogens is 5. The summed E-state index contributed by atoms with van der Waals surface area (Å²) in [5.41, 5.74) is -0.950. The molecule has 0 bridgehead atoms. The zero-order chi connectivity index (χ0) is 30.1. The Bertz CT molecular complexity index is 1660. The highest BCUT2D eigenvalue weighted by molar-refractivity contribution is 5.63. The third-order valence-corrected chi connectivity index (χ3v) is 7.45. The summed E-state index contributed by atoms with van der Waals surface area (Å²) < 4.78 is 84.8. The predicted octanol–water partition coefficient (Wildman–Crippen LogP) is 3.55. The van der Waals surface area contributed by atoms with Gasteiger partial charge >= 0.3 is 6.18 Å². The Kier molecular flexibility index (Phi) is 6.87. The van der Waals surface area contributed by atoms with E-state index < -0.39 is 65.8 Å². The SMILES string of the molecule is Cc1cnc(C(F)(F)F)c(-n2nc(C)nc2[C@@H]2OC3C(O)CO[C@@H]3C(n3cc(-c4ccc(C)c(F)c4F)cn3)C2O)c1. The predicted molar refractivity (Wildman–Crippen MR) is 134 cm³/mol. The van der Waals surface area contributed by atoms with Crippen LogP contribution in [0, 0.1) is 32.4 Å². The third-order valence-electron chi connectivity index (χ3n) is 7.45. The molecule has 0 amide bonds. The van der Waals surface area contributed by atoms with Crippen molar-refractivity contribution in [3.05, 3.63) is 76.9 Å². The number of aryl methyl sites for hydroxylation is 3. The molecule has 222 valence electrons. The lowest BCUT2D eigenvalue weighted by Crippen LogP contribution is -2.52. The van der Waals surface area contributed by atoms with E-state index in [2.05, 4.69) is 20.2 Å². The molecule has 0 saturated carbocycles. The minimum absolute atomic E-state index is 0.0617. The zero-order valence-electron chi connectivity index (χ0n) is 22.4. The van der Waals surface area contributed by atoms with Gasteiger partial charge in [0.15, 0.2) is 23.2 Å². The van der Waals surface area contributed by atoms with E-state index in [-0.39, 0.29) is 34.9 Å². The molecule has 4 aromatic rings. The van der Waals surface area contributed by atoms with Crippen molar-refractivity contribution in [1.82, 2.24) is 29.5 Å². The van der Waals surface area contributed by atoms with Crippen LogP contribution in [0.4, 0.5) is 22.0 Å². The second-order valence-corrected chi connectivity index (χ2v) is 10.4. The van der Waals surface area contributed by atoms with Gasteiger partial charge in [0.1, 0.15) is 42.4 Å². The Morgan fingerprint density at radius 1 is 1.02 bits per heavy atom. The number of nitrogens with zero attached hydrogens (tertiary/aromatic N) is 6. The Morgan fingerprint density at radius 2 is 1.79 bits per heavy atom. The molecule has 0 radical (unpaired) electrons. The minimum Gasteiger partial charge on any atom is -0.388 e. The molecule has 2 N–H and O–H groups in total. The summed E-state index contributed by atoms with van der Waals surface area (Å²) in [4.78, 5) is 7.86. The van der Waals surface area contributed by atoms with Crippen molar-refractivity contribution < 1.29 is 41.6 Å². The van der Waals surface area contributed by atoms with Crippen LogP contribution in [0.25, 0.3) is 16.8 Å². The van der Waals surface area contributed by atoms with Crippen LogP contribution in [0.5, 0.6) is 0 Å². The molecular weight excluding hydrogens is 567 g/mol. The number of hydrogen-bond donors (Lipinski definition) is 2. The lowest BCUT2D eigenvalue weighted by Gasteiger charge is -2.41. The van der Waals surface area contributed by atoms with Crippen molar-refractivity contribution >= 4 is 0 Å². The Hall–Kier alpha value is -3.79. The fourth-order valence-corrected chi connectivity index (χ4v) is 5.46. The van der Waals surface area contributed by atoms with Gasteiger partial charge in [0, 0.05) is 23.5 Å². The van der Waals surface area contributed by atoms with Crippen molar-refractivity contribution in [2.75, 3.05) is 6.61 Å². The summed E-state index contributed by atoms with van der Waals surface area (Å²) in [6.07, 6.45) is -7.15. The summed E-state index contributed by atoms with van der Waals surface area (Å²) in [5, 5.41) is 30.7. The first-order valence-electron chi connectivity index (χ1n) is 12.9. The fourth-order valence-electron chi connectivity index (χ4n) is 5.46. The molecule has 3 aromatic heterocycles. The van der Waals surface area contributed by atoms with Gasteiger partial charge in [0.25, 0.3) is 0 Å². The number of aromatic nitrogens is 6. The van der Waals surface area contributed by atoms with Crippen molar-refractivity contribution in [3.63, 3.8) is 0 Å². The van der Waals surface area contributed by atoms with Crippen LogP contribution in [0.2, 0.25) is 0 Å². The molecule has 4 unspecified atom stereocenters. The highest BCUT2D eigenvalue weighted by Crippen LogP contribution is 2.44. The number of rotatable bonds is 4. The Labute approximate surface area is 235 Å². The van der Waals surface area contributed by atoms with Crippen LogP contribution < -0.4 is 0 Å². The Balaban J connectivity index is 1.44. The van der Waals surface area contributed by atoms with E-state index in [1.165, 1.54) is 49.1 Å². The summed E-state index contributed by atoms with van der Waals surface area (Å²) in [7, 11) is 0.